The van der Waals surface area contributed by atoms with Crippen LogP contribution in [0.1, 0.15) is 226 Å². The molecule has 0 saturated carbocycles. The number of unbranched alkanes of at least 4 members (excludes halogenated alkanes) is 25. The van der Waals surface area contributed by atoms with Crippen LogP contribution in [0.25, 0.3) is 0 Å². The fraction of sp³-hybridized carbons (Fsp3) is 0.900. The van der Waals surface area contributed by atoms with E-state index in [1.54, 1.807) is 0 Å². The number of carbonyl (C=O) groups is 2. The number of rotatable bonds is 36. The normalized spacial score (nSPS) is 12.2. The lowest BCUT2D eigenvalue weighted by Crippen LogP contribution is -2.18. The molecule has 44 heavy (non-hydrogen) atoms. The van der Waals surface area contributed by atoms with Gasteiger partial charge in [0.1, 0.15) is 6.10 Å². The standard InChI is InChI=1S/C40H76O4/c1-3-5-7-8-9-10-11-12-13-18-21-24-27-30-33-37-40(43)44-38(34-6-4-2)35-31-28-25-22-19-16-14-15-17-20-23-26-29-32-36-39(41)42/h12-13,38H,3-11,14-37H2,1-2H3,(H,41,42)/b13-12-. The first-order valence-corrected chi connectivity index (χ1v) is 19.7. The second kappa shape index (κ2) is 36.2. The Labute approximate surface area is 275 Å². The van der Waals surface area contributed by atoms with E-state index in [0.717, 1.165) is 51.4 Å². The van der Waals surface area contributed by atoms with E-state index >= 15 is 0 Å². The van der Waals surface area contributed by atoms with Gasteiger partial charge in [0.15, 0.2) is 0 Å². The zero-order valence-corrected chi connectivity index (χ0v) is 29.7. The lowest BCUT2D eigenvalue weighted by molar-refractivity contribution is -0.150. The monoisotopic (exact) mass is 621 g/mol. The van der Waals surface area contributed by atoms with Crippen molar-refractivity contribution in [2.24, 2.45) is 0 Å². The zero-order valence-electron chi connectivity index (χ0n) is 29.7. The molecule has 0 aromatic rings. The molecule has 0 aliphatic heterocycles. The lowest BCUT2D eigenvalue weighted by Gasteiger charge is -2.18. The minimum absolute atomic E-state index is 0.0296. The smallest absolute Gasteiger partial charge is 0.306 e. The van der Waals surface area contributed by atoms with E-state index in [0.29, 0.717) is 12.8 Å². The predicted molar refractivity (Wildman–Crippen MR) is 190 cm³/mol. The summed E-state index contributed by atoms with van der Waals surface area (Å²) >= 11 is 0. The summed E-state index contributed by atoms with van der Waals surface area (Å²) in [5.41, 5.74) is 0. The van der Waals surface area contributed by atoms with Crippen LogP contribution in [0.15, 0.2) is 12.2 Å². The van der Waals surface area contributed by atoms with Gasteiger partial charge in [0.2, 0.25) is 0 Å². The number of hydrogen-bond donors (Lipinski definition) is 1. The summed E-state index contributed by atoms with van der Waals surface area (Å²) in [6.45, 7) is 4.49. The number of hydrogen-bond acceptors (Lipinski definition) is 3. The number of carbonyl (C=O) groups excluding carboxylic acids is 1. The Bertz CT molecular complexity index is 629. The molecule has 4 nitrogen and oxygen atoms in total. The van der Waals surface area contributed by atoms with Crippen LogP contribution in [-0.4, -0.2) is 23.1 Å². The summed E-state index contributed by atoms with van der Waals surface area (Å²) in [6, 6.07) is 0. The predicted octanol–water partition coefficient (Wildman–Crippen LogP) is 13.5. The van der Waals surface area contributed by atoms with Gasteiger partial charge in [-0.05, 0) is 57.8 Å². The van der Waals surface area contributed by atoms with Gasteiger partial charge in [0.25, 0.3) is 0 Å². The Balaban J connectivity index is 3.62. The lowest BCUT2D eigenvalue weighted by atomic mass is 10.0. The van der Waals surface area contributed by atoms with E-state index < -0.39 is 5.97 Å². The molecule has 0 radical (unpaired) electrons. The van der Waals surface area contributed by atoms with Crippen molar-refractivity contribution in [3.05, 3.63) is 12.2 Å². The Morgan fingerprint density at radius 1 is 0.477 bits per heavy atom. The van der Waals surface area contributed by atoms with E-state index in [9.17, 15) is 9.59 Å². The van der Waals surface area contributed by atoms with Crippen molar-refractivity contribution < 1.29 is 19.4 Å². The van der Waals surface area contributed by atoms with Gasteiger partial charge in [-0.3, -0.25) is 9.59 Å². The number of carboxylic acid groups (broad SMARTS) is 1. The van der Waals surface area contributed by atoms with E-state index in [1.165, 1.54) is 148 Å². The molecule has 0 aliphatic rings. The molecule has 0 fully saturated rings. The highest BCUT2D eigenvalue weighted by molar-refractivity contribution is 5.69. The van der Waals surface area contributed by atoms with Gasteiger partial charge in [-0.2, -0.15) is 0 Å². The first-order valence-electron chi connectivity index (χ1n) is 19.7. The van der Waals surface area contributed by atoms with Crippen molar-refractivity contribution in [2.45, 2.75) is 232 Å². The minimum atomic E-state index is -0.666. The molecule has 0 bridgehead atoms. The molecule has 260 valence electrons. The Morgan fingerprint density at radius 3 is 1.30 bits per heavy atom. The average molecular weight is 621 g/mol. The van der Waals surface area contributed by atoms with E-state index in [-0.39, 0.29) is 12.1 Å². The maximum atomic E-state index is 12.5. The fourth-order valence-electron chi connectivity index (χ4n) is 6.05. The van der Waals surface area contributed by atoms with Crippen LogP contribution < -0.4 is 0 Å². The number of esters is 1. The zero-order chi connectivity index (χ0) is 32.2. The van der Waals surface area contributed by atoms with Crippen LogP contribution in [-0.2, 0) is 14.3 Å². The summed E-state index contributed by atoms with van der Waals surface area (Å²) in [7, 11) is 0. The summed E-state index contributed by atoms with van der Waals surface area (Å²) in [5.74, 6) is -0.636. The third kappa shape index (κ3) is 35.2. The van der Waals surface area contributed by atoms with E-state index in [2.05, 4.69) is 26.0 Å². The Hall–Kier alpha value is -1.32. The van der Waals surface area contributed by atoms with Crippen LogP contribution in [0, 0.1) is 0 Å². The van der Waals surface area contributed by atoms with Crippen LogP contribution in [0.5, 0.6) is 0 Å². The first kappa shape index (κ1) is 42.7. The van der Waals surface area contributed by atoms with Gasteiger partial charge in [-0.25, -0.2) is 0 Å². The third-order valence-corrected chi connectivity index (χ3v) is 8.99. The molecule has 0 rings (SSSR count). The molecule has 1 unspecified atom stereocenters. The number of ether oxygens (including phenoxy) is 1. The summed E-state index contributed by atoms with van der Waals surface area (Å²) in [6.07, 6.45) is 44.2. The number of allylic oxidation sites excluding steroid dienone is 2. The number of carboxylic acids is 1. The van der Waals surface area contributed by atoms with Gasteiger partial charge < -0.3 is 9.84 Å². The molecule has 0 aromatic heterocycles. The number of aliphatic carboxylic acids is 1. The highest BCUT2D eigenvalue weighted by Crippen LogP contribution is 2.18. The highest BCUT2D eigenvalue weighted by atomic mass is 16.5. The maximum Gasteiger partial charge on any atom is 0.306 e. The largest absolute Gasteiger partial charge is 0.481 e. The van der Waals surface area contributed by atoms with Crippen LogP contribution in [0.3, 0.4) is 0 Å². The van der Waals surface area contributed by atoms with Crippen LogP contribution in [0.2, 0.25) is 0 Å². The second-order valence-corrected chi connectivity index (χ2v) is 13.5. The fourth-order valence-corrected chi connectivity index (χ4v) is 6.05. The summed E-state index contributed by atoms with van der Waals surface area (Å²) in [4.78, 5) is 23.0. The van der Waals surface area contributed by atoms with Gasteiger partial charge in [-0.15, -0.1) is 0 Å². The average Bonchev–Trinajstić information content (AvgIpc) is 3.01. The topological polar surface area (TPSA) is 63.6 Å². The molecule has 1 atom stereocenters. The minimum Gasteiger partial charge on any atom is -0.481 e. The maximum absolute atomic E-state index is 12.5. The van der Waals surface area contributed by atoms with Gasteiger partial charge in [0, 0.05) is 12.8 Å². The van der Waals surface area contributed by atoms with Crippen molar-refractivity contribution in [3.63, 3.8) is 0 Å². The van der Waals surface area contributed by atoms with Gasteiger partial charge in [-0.1, -0.05) is 167 Å². The van der Waals surface area contributed by atoms with Crippen molar-refractivity contribution in [3.8, 4) is 0 Å². The van der Waals surface area contributed by atoms with Crippen molar-refractivity contribution in [2.75, 3.05) is 0 Å². The molecular weight excluding hydrogens is 544 g/mol. The molecule has 0 spiro atoms. The van der Waals surface area contributed by atoms with Gasteiger partial charge in [0.05, 0.1) is 0 Å². The van der Waals surface area contributed by atoms with Crippen LogP contribution in [0.4, 0.5) is 0 Å². The van der Waals surface area contributed by atoms with Gasteiger partial charge >= 0.3 is 11.9 Å². The highest BCUT2D eigenvalue weighted by Gasteiger charge is 2.13. The van der Waals surface area contributed by atoms with Crippen LogP contribution >= 0.6 is 0 Å². The third-order valence-electron chi connectivity index (χ3n) is 8.99. The quantitative estimate of drug-likeness (QED) is 0.0430. The molecule has 0 amide bonds. The summed E-state index contributed by atoms with van der Waals surface area (Å²) in [5, 5.41) is 8.66. The molecular formula is C40H76O4. The molecule has 0 aliphatic carbocycles. The Kier molecular flexibility index (Phi) is 35.1. The summed E-state index contributed by atoms with van der Waals surface area (Å²) < 4.78 is 5.93. The molecule has 0 saturated heterocycles. The van der Waals surface area contributed by atoms with Crippen molar-refractivity contribution >= 4 is 11.9 Å². The second-order valence-electron chi connectivity index (χ2n) is 13.5. The molecule has 0 heterocycles. The first-order chi connectivity index (χ1) is 21.6. The molecule has 4 heteroatoms. The Morgan fingerprint density at radius 2 is 0.841 bits per heavy atom. The SMILES string of the molecule is CCCCCCCC/C=C\CCCCCCCC(=O)OC(CCCC)CCCCCCCCCCCCCCCCC(=O)O. The molecule has 1 N–H and O–H groups in total. The molecule has 0 aromatic carbocycles. The van der Waals surface area contributed by atoms with Crippen molar-refractivity contribution in [1.82, 2.24) is 0 Å². The van der Waals surface area contributed by atoms with E-state index in [1.807, 2.05) is 0 Å². The van der Waals surface area contributed by atoms with E-state index in [4.69, 9.17) is 9.84 Å². The van der Waals surface area contributed by atoms with Crippen molar-refractivity contribution in [1.29, 1.82) is 0 Å².